The van der Waals surface area contributed by atoms with E-state index < -0.39 is 40.6 Å². The van der Waals surface area contributed by atoms with Crippen LogP contribution in [0.3, 0.4) is 0 Å². The first kappa shape index (κ1) is 23.2. The van der Waals surface area contributed by atoms with Gasteiger partial charge in [-0.1, -0.05) is 18.2 Å². The van der Waals surface area contributed by atoms with E-state index in [1.54, 1.807) is 30.3 Å². The van der Waals surface area contributed by atoms with Gasteiger partial charge < -0.3 is 9.47 Å². The summed E-state index contributed by atoms with van der Waals surface area (Å²) in [5.74, 6) is -2.58. The maximum Gasteiger partial charge on any atom is 0.278 e. The first-order chi connectivity index (χ1) is 17.3. The molecule has 2 fully saturated rings. The number of imide groups is 1. The zero-order chi connectivity index (χ0) is 25.6. The van der Waals surface area contributed by atoms with Crippen LogP contribution in [0.25, 0.3) is 0 Å². The minimum Gasteiger partial charge on any atom is -0.493 e. The van der Waals surface area contributed by atoms with Crippen molar-refractivity contribution in [2.24, 2.45) is 5.92 Å². The number of halogens is 1. The molecule has 10 nitrogen and oxygen atoms in total. The molecule has 3 aromatic rings. The summed E-state index contributed by atoms with van der Waals surface area (Å²) >= 11 is 0. The van der Waals surface area contributed by atoms with E-state index in [2.05, 4.69) is 0 Å². The molecule has 2 saturated heterocycles. The standard InChI is InChI=1S/C25H20FN3O7/c1-34-19-12-17(18(29(32)33)13-20(19)35-2)22-21-23(36-28(22)16-6-4-3-5-7-16)25(31)27(24(21)30)15-10-8-14(26)9-11-15/h3-13,21-23H,1-2H3. The summed E-state index contributed by atoms with van der Waals surface area (Å²) in [7, 11) is 2.74. The van der Waals surface area contributed by atoms with Gasteiger partial charge in [-0.05, 0) is 42.5 Å². The third-order valence-corrected chi connectivity index (χ3v) is 6.26. The molecule has 184 valence electrons. The third kappa shape index (κ3) is 3.60. The van der Waals surface area contributed by atoms with E-state index in [-0.39, 0.29) is 28.4 Å². The minimum atomic E-state index is -1.25. The fraction of sp³-hybridized carbons (Fsp3) is 0.200. The van der Waals surface area contributed by atoms with Crippen LogP contribution in [0.5, 0.6) is 11.5 Å². The molecule has 3 atom stereocenters. The van der Waals surface area contributed by atoms with Gasteiger partial charge in [0.05, 0.1) is 42.1 Å². The number of ether oxygens (including phenoxy) is 2. The van der Waals surface area contributed by atoms with Crippen molar-refractivity contribution in [1.29, 1.82) is 0 Å². The number of anilines is 2. The second-order valence-electron chi connectivity index (χ2n) is 8.17. The van der Waals surface area contributed by atoms with Crippen molar-refractivity contribution >= 4 is 28.9 Å². The number of nitro groups is 1. The van der Waals surface area contributed by atoms with E-state index in [1.807, 2.05) is 0 Å². The second-order valence-corrected chi connectivity index (χ2v) is 8.17. The van der Waals surface area contributed by atoms with Gasteiger partial charge in [-0.3, -0.25) is 24.5 Å². The van der Waals surface area contributed by atoms with Gasteiger partial charge >= 0.3 is 0 Å². The highest BCUT2D eigenvalue weighted by atomic mass is 19.1. The molecule has 0 radical (unpaired) electrons. The highest BCUT2D eigenvalue weighted by molar-refractivity contribution is 6.24. The zero-order valence-corrected chi connectivity index (χ0v) is 19.2. The normalized spacial score (nSPS) is 21.0. The largest absolute Gasteiger partial charge is 0.493 e. The number of methoxy groups -OCH3 is 2. The molecule has 0 bridgehead atoms. The second kappa shape index (κ2) is 8.93. The zero-order valence-electron chi connectivity index (χ0n) is 19.2. The van der Waals surface area contributed by atoms with Crippen molar-refractivity contribution < 1.29 is 33.2 Å². The monoisotopic (exact) mass is 493 g/mol. The number of benzene rings is 3. The quantitative estimate of drug-likeness (QED) is 0.290. The Morgan fingerprint density at radius 2 is 1.56 bits per heavy atom. The number of amides is 2. The molecule has 2 heterocycles. The van der Waals surface area contributed by atoms with E-state index in [0.29, 0.717) is 5.69 Å². The van der Waals surface area contributed by atoms with E-state index in [9.17, 15) is 24.1 Å². The number of hydroxylamine groups is 1. The summed E-state index contributed by atoms with van der Waals surface area (Å²) in [6.07, 6.45) is -1.25. The predicted molar refractivity (Wildman–Crippen MR) is 125 cm³/mol. The predicted octanol–water partition coefficient (Wildman–Crippen LogP) is 3.80. The molecule has 2 amide bonds. The van der Waals surface area contributed by atoms with Crippen LogP contribution in [0.2, 0.25) is 0 Å². The lowest BCUT2D eigenvalue weighted by Crippen LogP contribution is -2.37. The summed E-state index contributed by atoms with van der Waals surface area (Å²) < 4.78 is 24.1. The van der Waals surface area contributed by atoms with Gasteiger partial charge in [0.2, 0.25) is 5.91 Å². The topological polar surface area (TPSA) is 111 Å². The molecular formula is C25H20FN3O7. The molecule has 3 aromatic carbocycles. The van der Waals surface area contributed by atoms with Crippen molar-refractivity contribution in [2.45, 2.75) is 12.1 Å². The fourth-order valence-corrected chi connectivity index (χ4v) is 4.65. The summed E-state index contributed by atoms with van der Waals surface area (Å²) in [6, 6.07) is 15.1. The van der Waals surface area contributed by atoms with Crippen molar-refractivity contribution in [3.63, 3.8) is 0 Å². The molecule has 11 heteroatoms. The van der Waals surface area contributed by atoms with Gasteiger partial charge in [-0.15, -0.1) is 0 Å². The molecule has 3 unspecified atom stereocenters. The Morgan fingerprint density at radius 1 is 0.917 bits per heavy atom. The van der Waals surface area contributed by atoms with Gasteiger partial charge in [0.15, 0.2) is 17.6 Å². The van der Waals surface area contributed by atoms with Crippen molar-refractivity contribution in [2.75, 3.05) is 24.2 Å². The average Bonchev–Trinajstić information content (AvgIpc) is 3.40. The summed E-state index contributed by atoms with van der Waals surface area (Å²) in [4.78, 5) is 45.5. The first-order valence-electron chi connectivity index (χ1n) is 10.9. The lowest BCUT2D eigenvalue weighted by molar-refractivity contribution is -0.385. The van der Waals surface area contributed by atoms with Crippen molar-refractivity contribution in [3.05, 3.63) is 88.2 Å². The maximum absolute atomic E-state index is 13.7. The van der Waals surface area contributed by atoms with E-state index in [1.165, 1.54) is 43.5 Å². The van der Waals surface area contributed by atoms with Crippen LogP contribution in [0, 0.1) is 21.8 Å². The molecule has 2 aliphatic rings. The molecule has 0 aromatic heterocycles. The minimum absolute atomic E-state index is 0.108. The van der Waals surface area contributed by atoms with Crippen LogP contribution in [0.1, 0.15) is 11.6 Å². The Kier molecular flexibility index (Phi) is 5.77. The average molecular weight is 493 g/mol. The van der Waals surface area contributed by atoms with E-state index in [0.717, 1.165) is 17.0 Å². The molecule has 36 heavy (non-hydrogen) atoms. The van der Waals surface area contributed by atoms with Gasteiger partial charge in [0, 0.05) is 0 Å². The molecule has 0 N–H and O–H groups in total. The highest BCUT2D eigenvalue weighted by Crippen LogP contribution is 2.51. The summed E-state index contributed by atoms with van der Waals surface area (Å²) in [6.45, 7) is 0. The summed E-state index contributed by atoms with van der Waals surface area (Å²) in [5, 5.41) is 13.4. The smallest absolute Gasteiger partial charge is 0.278 e. The number of para-hydroxylation sites is 1. The van der Waals surface area contributed by atoms with Crippen molar-refractivity contribution in [3.8, 4) is 11.5 Å². The van der Waals surface area contributed by atoms with Crippen LogP contribution in [0.15, 0.2) is 66.7 Å². The number of nitrogens with zero attached hydrogens (tertiary/aromatic N) is 3. The highest BCUT2D eigenvalue weighted by Gasteiger charge is 2.61. The van der Waals surface area contributed by atoms with Crippen LogP contribution in [-0.2, 0) is 14.4 Å². The Labute approximate surface area is 204 Å². The lowest BCUT2D eigenvalue weighted by Gasteiger charge is -2.29. The number of carbonyl (C=O) groups is 2. The molecular weight excluding hydrogens is 473 g/mol. The Morgan fingerprint density at radius 3 is 2.17 bits per heavy atom. The lowest BCUT2D eigenvalue weighted by atomic mass is 9.89. The number of hydrogen-bond donors (Lipinski definition) is 0. The van der Waals surface area contributed by atoms with Gasteiger partial charge in [-0.2, -0.15) is 0 Å². The van der Waals surface area contributed by atoms with Crippen LogP contribution >= 0.6 is 0 Å². The molecule has 0 saturated carbocycles. The van der Waals surface area contributed by atoms with E-state index >= 15 is 0 Å². The number of carbonyl (C=O) groups excluding carboxylic acids is 2. The molecule has 5 rings (SSSR count). The maximum atomic E-state index is 13.7. The van der Waals surface area contributed by atoms with Gasteiger partial charge in [0.1, 0.15) is 17.8 Å². The molecule has 0 aliphatic carbocycles. The third-order valence-electron chi connectivity index (χ3n) is 6.26. The fourth-order valence-electron chi connectivity index (χ4n) is 4.65. The van der Waals surface area contributed by atoms with Gasteiger partial charge in [-0.25, -0.2) is 14.4 Å². The Hall–Kier alpha value is -4.51. The molecule has 0 spiro atoms. The Balaban J connectivity index is 1.68. The number of hydrogen-bond acceptors (Lipinski definition) is 8. The number of fused-ring (bicyclic) bond motifs is 1. The SMILES string of the molecule is COc1cc(C2C3C(=O)N(c4ccc(F)cc4)C(=O)C3ON2c2ccccc2)c([N+](=O)[O-])cc1OC. The number of rotatable bonds is 6. The number of nitro benzene ring substituents is 1. The molecule has 2 aliphatic heterocycles. The van der Waals surface area contributed by atoms with Crippen molar-refractivity contribution in [1.82, 2.24) is 0 Å². The van der Waals surface area contributed by atoms with Crippen LogP contribution in [-0.4, -0.2) is 37.1 Å². The first-order valence-corrected chi connectivity index (χ1v) is 10.9. The summed E-state index contributed by atoms with van der Waals surface area (Å²) in [5.41, 5.74) is 0.450. The van der Waals surface area contributed by atoms with Crippen LogP contribution in [0.4, 0.5) is 21.5 Å². The Bertz CT molecular complexity index is 1350. The van der Waals surface area contributed by atoms with Crippen LogP contribution < -0.4 is 19.4 Å². The van der Waals surface area contributed by atoms with Gasteiger partial charge in [0.25, 0.3) is 11.6 Å². The van der Waals surface area contributed by atoms with E-state index in [4.69, 9.17) is 14.3 Å².